The second-order valence-electron chi connectivity index (χ2n) is 18.3. The molecule has 316 valence electrons. The van der Waals surface area contributed by atoms with E-state index >= 15 is 0 Å². The molecular formula is C58H52N3OPt-. The molecule has 0 aliphatic carbocycles. The van der Waals surface area contributed by atoms with E-state index in [1.807, 2.05) is 102 Å². The van der Waals surface area contributed by atoms with Gasteiger partial charge in [0.2, 0.25) is 0 Å². The van der Waals surface area contributed by atoms with Crippen molar-refractivity contribution in [3.63, 3.8) is 0 Å². The van der Waals surface area contributed by atoms with Crippen molar-refractivity contribution in [2.75, 3.05) is 0 Å². The van der Waals surface area contributed by atoms with Gasteiger partial charge in [-0.15, -0.1) is 23.8 Å². The first-order valence-electron chi connectivity index (χ1n) is 22.7. The van der Waals surface area contributed by atoms with Gasteiger partial charge in [-0.3, -0.25) is 9.55 Å². The number of benzene rings is 7. The van der Waals surface area contributed by atoms with Crippen LogP contribution in [0.5, 0.6) is 5.75 Å². The molecular weight excluding hydrogens is 950 g/mol. The summed E-state index contributed by atoms with van der Waals surface area (Å²) in [4.78, 5) is 10.4. The summed E-state index contributed by atoms with van der Waals surface area (Å²) in [5.41, 5.74) is 13.9. The summed E-state index contributed by atoms with van der Waals surface area (Å²) in [6, 6.07) is 56.4. The third-order valence-electron chi connectivity index (χ3n) is 11.7. The predicted octanol–water partition coefficient (Wildman–Crippen LogP) is 15.1. The largest absolute Gasteiger partial charge is 0.507 e. The van der Waals surface area contributed by atoms with E-state index in [2.05, 4.69) is 115 Å². The van der Waals surface area contributed by atoms with Gasteiger partial charge < -0.3 is 5.11 Å². The Kier molecular flexibility index (Phi) is 10.7. The van der Waals surface area contributed by atoms with Gasteiger partial charge in [-0.05, 0) is 93.9 Å². The molecule has 1 N–H and O–H groups in total. The fourth-order valence-electron chi connectivity index (χ4n) is 8.25. The van der Waals surface area contributed by atoms with E-state index in [9.17, 15) is 5.11 Å². The number of nitrogens with zero attached hydrogens (tertiary/aromatic N) is 3. The standard InChI is InChI=1S/C58H52N3O.Pt/c1-37-22-24-41(25-23-37)43-28-29-59-51(34-43)46-32-44(40-18-13-10-14-19-40)31-45(33-46)48-20-15-21-53-54(48)60-56(49-35-47(57(3,4)5)36-50(55(49)62)58(6,7)8)61(53)52-27-26-42(30-38(52)2)39-16-11-9-12-17-39;/h9-32,34-36,62H,1-8H3;/q-1;/i2D3;. The van der Waals surface area contributed by atoms with Crippen LogP contribution < -0.4 is 0 Å². The molecule has 7 aromatic carbocycles. The van der Waals surface area contributed by atoms with Gasteiger partial charge in [-0.25, -0.2) is 4.98 Å². The number of rotatable bonds is 7. The smallest absolute Gasteiger partial charge is 0.148 e. The molecule has 0 saturated carbocycles. The first-order valence-corrected chi connectivity index (χ1v) is 21.2. The summed E-state index contributed by atoms with van der Waals surface area (Å²) in [6.07, 6.45) is 1.84. The number of para-hydroxylation sites is 1. The van der Waals surface area contributed by atoms with Crippen molar-refractivity contribution in [2.45, 2.75) is 66.1 Å². The van der Waals surface area contributed by atoms with Crippen LogP contribution in [0.4, 0.5) is 0 Å². The van der Waals surface area contributed by atoms with E-state index in [1.54, 1.807) is 6.07 Å². The molecule has 0 amide bonds. The Morgan fingerprint density at radius 1 is 0.587 bits per heavy atom. The first-order chi connectivity index (χ1) is 30.9. The van der Waals surface area contributed by atoms with E-state index in [4.69, 9.17) is 14.1 Å². The van der Waals surface area contributed by atoms with Crippen LogP contribution in [0.1, 0.15) is 67.9 Å². The van der Waals surface area contributed by atoms with Crippen LogP contribution >= 0.6 is 0 Å². The van der Waals surface area contributed by atoms with Gasteiger partial charge in [-0.2, -0.15) is 0 Å². The van der Waals surface area contributed by atoms with E-state index in [-0.39, 0.29) is 37.8 Å². The molecule has 9 rings (SSSR count). The molecule has 0 aliphatic rings. The minimum absolute atomic E-state index is 0. The normalized spacial score (nSPS) is 12.7. The summed E-state index contributed by atoms with van der Waals surface area (Å²) < 4.78 is 28.7. The average Bonchev–Trinajstić information content (AvgIpc) is 3.68. The average molecular weight is 1010 g/mol. The minimum atomic E-state index is -2.50. The van der Waals surface area contributed by atoms with E-state index in [1.165, 1.54) is 5.56 Å². The summed E-state index contributed by atoms with van der Waals surface area (Å²) in [6.45, 7) is 12.3. The Morgan fingerprint density at radius 3 is 1.89 bits per heavy atom. The van der Waals surface area contributed by atoms with Gasteiger partial charge >= 0.3 is 0 Å². The number of hydrogen-bond acceptors (Lipinski definition) is 3. The third kappa shape index (κ3) is 8.58. The molecule has 0 saturated heterocycles. The molecule has 0 radical (unpaired) electrons. The van der Waals surface area contributed by atoms with Crippen molar-refractivity contribution >= 4 is 11.0 Å². The van der Waals surface area contributed by atoms with Gasteiger partial charge in [0.1, 0.15) is 11.6 Å². The third-order valence-corrected chi connectivity index (χ3v) is 11.7. The summed E-state index contributed by atoms with van der Waals surface area (Å²) in [7, 11) is 0. The second kappa shape index (κ2) is 17.1. The van der Waals surface area contributed by atoms with Crippen LogP contribution in [0.2, 0.25) is 0 Å². The van der Waals surface area contributed by atoms with Crippen molar-refractivity contribution in [1.82, 2.24) is 14.5 Å². The number of phenolic OH excluding ortho intramolecular Hbond substituents is 1. The van der Waals surface area contributed by atoms with Crippen molar-refractivity contribution in [2.24, 2.45) is 0 Å². The number of phenols is 1. The summed E-state index contributed by atoms with van der Waals surface area (Å²) in [5, 5.41) is 12.4. The first kappa shape index (κ1) is 39.5. The number of aryl methyl sites for hydroxylation is 2. The molecule has 0 unspecified atom stereocenters. The summed E-state index contributed by atoms with van der Waals surface area (Å²) in [5.74, 6) is 0.547. The zero-order valence-electron chi connectivity index (χ0n) is 39.7. The predicted molar refractivity (Wildman–Crippen MR) is 259 cm³/mol. The maximum atomic E-state index is 12.4. The molecule has 0 bridgehead atoms. The Bertz CT molecular complexity index is 3220. The van der Waals surface area contributed by atoms with Gasteiger partial charge in [0.25, 0.3) is 0 Å². The van der Waals surface area contributed by atoms with Crippen LogP contribution in [0.25, 0.3) is 83.9 Å². The fraction of sp³-hybridized carbons (Fsp3) is 0.172. The maximum Gasteiger partial charge on any atom is 0.148 e. The molecule has 2 aromatic heterocycles. The van der Waals surface area contributed by atoms with Gasteiger partial charge in [0, 0.05) is 42.6 Å². The molecule has 2 heterocycles. The zero-order valence-corrected chi connectivity index (χ0v) is 39.0. The second-order valence-corrected chi connectivity index (χ2v) is 18.3. The van der Waals surface area contributed by atoms with E-state index in [0.29, 0.717) is 28.1 Å². The molecule has 0 aliphatic heterocycles. The van der Waals surface area contributed by atoms with Crippen molar-refractivity contribution in [3.05, 3.63) is 192 Å². The molecule has 0 atom stereocenters. The summed E-state index contributed by atoms with van der Waals surface area (Å²) >= 11 is 0. The number of aromatic nitrogens is 3. The number of fused-ring (bicyclic) bond motifs is 1. The quantitative estimate of drug-likeness (QED) is 0.162. The number of imidazole rings is 1. The molecule has 0 fully saturated rings. The van der Waals surface area contributed by atoms with E-state index < -0.39 is 12.3 Å². The van der Waals surface area contributed by atoms with Crippen molar-refractivity contribution < 1.29 is 30.3 Å². The van der Waals surface area contributed by atoms with Gasteiger partial charge in [0.15, 0.2) is 0 Å². The Labute approximate surface area is 390 Å². The SMILES string of the molecule is [2H]C([2H])([2H])c1cc(-c2ccccc2)ccc1-n1c(-c2cc(C(C)(C)C)cc(C(C)(C)C)c2O)nc2c(-c3[c-]c(-c4cc(-c5ccc(C)cc5)ccn4)cc(-c4ccccc4)c3)cccc21.[Pt]. The Morgan fingerprint density at radius 2 is 1.22 bits per heavy atom. The zero-order chi connectivity index (χ0) is 45.8. The fourth-order valence-corrected chi connectivity index (χ4v) is 8.25. The Hall–Kier alpha value is -6.35. The topological polar surface area (TPSA) is 50.9 Å². The molecule has 63 heavy (non-hydrogen) atoms. The van der Waals surface area contributed by atoms with Crippen molar-refractivity contribution in [3.8, 4) is 78.6 Å². The molecule has 9 aromatic rings. The van der Waals surface area contributed by atoms with Crippen LogP contribution in [-0.2, 0) is 31.9 Å². The van der Waals surface area contributed by atoms with Crippen LogP contribution in [0, 0.1) is 19.8 Å². The molecule has 0 spiro atoms. The number of hydrogen-bond donors (Lipinski definition) is 1. The monoisotopic (exact) mass is 1000 g/mol. The van der Waals surface area contributed by atoms with Crippen LogP contribution in [0.15, 0.2) is 164 Å². The van der Waals surface area contributed by atoms with Crippen LogP contribution in [-0.4, -0.2) is 19.6 Å². The number of pyridine rings is 1. The number of aromatic hydroxyl groups is 1. The molecule has 5 heteroatoms. The van der Waals surface area contributed by atoms with Crippen LogP contribution in [0.3, 0.4) is 0 Å². The van der Waals surface area contributed by atoms with Crippen molar-refractivity contribution in [1.29, 1.82) is 0 Å². The Balaban J connectivity index is 0.00000592. The van der Waals surface area contributed by atoms with E-state index in [0.717, 1.165) is 66.9 Å². The maximum absolute atomic E-state index is 12.4. The minimum Gasteiger partial charge on any atom is -0.507 e. The van der Waals surface area contributed by atoms with Gasteiger partial charge in [0.05, 0.1) is 22.3 Å². The molecule has 4 nitrogen and oxygen atoms in total. The van der Waals surface area contributed by atoms with Gasteiger partial charge in [-0.1, -0.05) is 179 Å².